The largest absolute Gasteiger partial charge is 0.527 e. The molecule has 2 aliphatic rings. The van der Waals surface area contributed by atoms with Gasteiger partial charge in [0.15, 0.2) is 0 Å². The molecule has 2 rings (SSSR count). The van der Waals surface area contributed by atoms with Gasteiger partial charge in [0.1, 0.15) is 0 Å². The maximum absolute atomic E-state index is 14.3. The molecule has 0 spiro atoms. The molecule has 0 heterocycles. The van der Waals surface area contributed by atoms with Crippen molar-refractivity contribution in [1.29, 1.82) is 0 Å². The molecular formula is C17H22F9NO3. The summed E-state index contributed by atoms with van der Waals surface area (Å²) < 4.78 is 122. The van der Waals surface area contributed by atoms with E-state index < -0.39 is 42.7 Å². The maximum atomic E-state index is 14.3. The van der Waals surface area contributed by atoms with Crippen molar-refractivity contribution < 1.29 is 53.8 Å². The molecule has 0 aromatic carbocycles. The zero-order valence-electron chi connectivity index (χ0n) is 15.8. The number of ether oxygens (including phenoxy) is 2. The number of hydrogen-bond donors (Lipinski definition) is 0. The minimum atomic E-state index is -6.48. The number of carbonyl (C=O) groups is 1. The summed E-state index contributed by atoms with van der Waals surface area (Å²) in [4.78, 5) is 13.2. The second kappa shape index (κ2) is 9.09. The predicted molar refractivity (Wildman–Crippen MR) is 83.7 cm³/mol. The molecule has 1 amide bonds. The molecule has 4 nitrogen and oxygen atoms in total. The first-order valence-corrected chi connectivity index (χ1v) is 9.59. The SMILES string of the molecule is O=C(N(C1CCCCC1)C1CCCCC1)C(F)(F)OC(F)(F)C(F)(F)OC(F)(F)F. The van der Waals surface area contributed by atoms with Gasteiger partial charge in [0, 0.05) is 12.1 Å². The first-order valence-electron chi connectivity index (χ1n) is 9.59. The summed E-state index contributed by atoms with van der Waals surface area (Å²) in [5, 5.41) is 0. The van der Waals surface area contributed by atoms with Crippen LogP contribution in [-0.2, 0) is 14.3 Å². The Morgan fingerprint density at radius 3 is 1.37 bits per heavy atom. The normalized spacial score (nSPS) is 21.0. The topological polar surface area (TPSA) is 38.8 Å². The van der Waals surface area contributed by atoms with Crippen LogP contribution in [0, 0.1) is 0 Å². The highest BCUT2D eigenvalue weighted by atomic mass is 19.4. The van der Waals surface area contributed by atoms with E-state index in [1.54, 1.807) is 0 Å². The van der Waals surface area contributed by atoms with E-state index in [9.17, 15) is 44.3 Å². The molecule has 0 N–H and O–H groups in total. The van der Waals surface area contributed by atoms with Crippen LogP contribution in [0.2, 0.25) is 0 Å². The third-order valence-electron chi connectivity index (χ3n) is 5.26. The van der Waals surface area contributed by atoms with E-state index in [2.05, 4.69) is 4.74 Å². The van der Waals surface area contributed by atoms with Crippen LogP contribution >= 0.6 is 0 Å². The fraction of sp³-hybridized carbons (Fsp3) is 0.941. The number of alkyl halides is 9. The third-order valence-corrected chi connectivity index (χ3v) is 5.26. The molecule has 30 heavy (non-hydrogen) atoms. The van der Waals surface area contributed by atoms with E-state index in [4.69, 9.17) is 0 Å². The zero-order chi connectivity index (χ0) is 22.8. The Kier molecular flexibility index (Phi) is 7.58. The lowest BCUT2D eigenvalue weighted by Crippen LogP contribution is -2.59. The monoisotopic (exact) mass is 459 g/mol. The van der Waals surface area contributed by atoms with Crippen molar-refractivity contribution in [1.82, 2.24) is 4.90 Å². The molecule has 176 valence electrons. The molecule has 2 fully saturated rings. The Hall–Kier alpha value is -1.24. The van der Waals surface area contributed by atoms with Gasteiger partial charge in [-0.15, -0.1) is 13.2 Å². The molecular weight excluding hydrogens is 437 g/mol. The predicted octanol–water partition coefficient (Wildman–Crippen LogP) is 5.81. The van der Waals surface area contributed by atoms with E-state index in [1.807, 2.05) is 4.74 Å². The van der Waals surface area contributed by atoms with Crippen molar-refractivity contribution in [3.63, 3.8) is 0 Å². The molecule has 0 aliphatic heterocycles. The molecule has 0 bridgehead atoms. The van der Waals surface area contributed by atoms with Gasteiger partial charge in [0.05, 0.1) is 0 Å². The van der Waals surface area contributed by atoms with Crippen LogP contribution in [0.5, 0.6) is 0 Å². The molecule has 0 atom stereocenters. The standard InChI is InChI=1S/C17H22F9NO3/c18-14(19,29-15(20,21)16(22,23)30-17(24,25)26)13(28)27(11-7-3-1-4-8-11)12-9-5-2-6-10-12/h11-12H,1-10H2. The summed E-state index contributed by atoms with van der Waals surface area (Å²) in [7, 11) is 0. The van der Waals surface area contributed by atoms with E-state index in [1.165, 1.54) is 0 Å². The van der Waals surface area contributed by atoms with E-state index in [-0.39, 0.29) is 0 Å². The van der Waals surface area contributed by atoms with Crippen molar-refractivity contribution in [2.24, 2.45) is 0 Å². The zero-order valence-corrected chi connectivity index (χ0v) is 15.8. The van der Waals surface area contributed by atoms with Crippen molar-refractivity contribution in [3.8, 4) is 0 Å². The van der Waals surface area contributed by atoms with Gasteiger partial charge in [-0.05, 0) is 25.7 Å². The van der Waals surface area contributed by atoms with Crippen molar-refractivity contribution >= 4 is 5.91 Å². The molecule has 2 saturated carbocycles. The number of rotatable bonds is 7. The van der Waals surface area contributed by atoms with E-state index in [0.717, 1.165) is 17.7 Å². The number of nitrogens with zero attached hydrogens (tertiary/aromatic N) is 1. The van der Waals surface area contributed by atoms with Gasteiger partial charge >= 0.3 is 30.6 Å². The average molecular weight is 459 g/mol. The van der Waals surface area contributed by atoms with Gasteiger partial charge in [0.25, 0.3) is 0 Å². The van der Waals surface area contributed by atoms with Gasteiger partial charge in [-0.1, -0.05) is 38.5 Å². The van der Waals surface area contributed by atoms with Gasteiger partial charge < -0.3 is 4.90 Å². The number of amides is 1. The Morgan fingerprint density at radius 2 is 1.00 bits per heavy atom. The van der Waals surface area contributed by atoms with Gasteiger partial charge in [-0.3, -0.25) is 4.79 Å². The first-order chi connectivity index (χ1) is 13.7. The lowest BCUT2D eigenvalue weighted by atomic mass is 9.88. The number of halogens is 9. The van der Waals surface area contributed by atoms with Gasteiger partial charge in [-0.2, -0.15) is 26.3 Å². The second-order valence-corrected chi connectivity index (χ2v) is 7.50. The Morgan fingerprint density at radius 1 is 0.633 bits per heavy atom. The fourth-order valence-corrected chi connectivity index (χ4v) is 3.97. The first kappa shape index (κ1) is 25.0. The Bertz CT molecular complexity index is 568. The van der Waals surface area contributed by atoms with Crippen LogP contribution in [0.4, 0.5) is 39.5 Å². The summed E-state index contributed by atoms with van der Waals surface area (Å²) in [6.45, 7) is 0. The maximum Gasteiger partial charge on any atom is 0.527 e. The summed E-state index contributed by atoms with van der Waals surface area (Å²) in [5.74, 6) is -2.26. The highest BCUT2D eigenvalue weighted by molar-refractivity contribution is 5.82. The highest BCUT2D eigenvalue weighted by Crippen LogP contribution is 2.44. The van der Waals surface area contributed by atoms with Crippen LogP contribution in [0.3, 0.4) is 0 Å². The third kappa shape index (κ3) is 6.14. The Labute approximate surface area is 166 Å². The van der Waals surface area contributed by atoms with Gasteiger partial charge in [-0.25, -0.2) is 9.47 Å². The average Bonchev–Trinajstić information content (AvgIpc) is 2.60. The van der Waals surface area contributed by atoms with Crippen LogP contribution in [-0.4, -0.2) is 47.6 Å². The lowest BCUT2D eigenvalue weighted by molar-refractivity contribution is -0.524. The second-order valence-electron chi connectivity index (χ2n) is 7.50. The molecule has 0 aromatic heterocycles. The smallest absolute Gasteiger partial charge is 0.329 e. The van der Waals surface area contributed by atoms with Crippen LogP contribution in [0.15, 0.2) is 0 Å². The summed E-state index contributed by atoms with van der Waals surface area (Å²) in [5.41, 5.74) is 0. The molecule has 0 saturated heterocycles. The van der Waals surface area contributed by atoms with Crippen LogP contribution < -0.4 is 0 Å². The highest BCUT2D eigenvalue weighted by Gasteiger charge is 2.69. The quantitative estimate of drug-likeness (QED) is 0.451. The molecule has 0 unspecified atom stereocenters. The Balaban J connectivity index is 2.24. The summed E-state index contributed by atoms with van der Waals surface area (Å²) in [6.07, 6.45) is -19.4. The lowest BCUT2D eigenvalue weighted by Gasteiger charge is -2.43. The molecule has 0 aromatic rings. The summed E-state index contributed by atoms with van der Waals surface area (Å²) in [6, 6.07) is -1.44. The molecule has 0 radical (unpaired) electrons. The number of carbonyl (C=O) groups excluding carboxylic acids is 1. The van der Waals surface area contributed by atoms with E-state index >= 15 is 0 Å². The van der Waals surface area contributed by atoms with Crippen molar-refractivity contribution in [3.05, 3.63) is 0 Å². The molecule has 2 aliphatic carbocycles. The van der Waals surface area contributed by atoms with E-state index in [0.29, 0.717) is 51.4 Å². The summed E-state index contributed by atoms with van der Waals surface area (Å²) >= 11 is 0. The minimum Gasteiger partial charge on any atom is -0.329 e. The minimum absolute atomic E-state index is 0.321. The van der Waals surface area contributed by atoms with Crippen LogP contribution in [0.25, 0.3) is 0 Å². The van der Waals surface area contributed by atoms with Crippen LogP contribution in [0.1, 0.15) is 64.2 Å². The number of hydrogen-bond acceptors (Lipinski definition) is 3. The van der Waals surface area contributed by atoms with Crippen molar-refractivity contribution in [2.45, 2.75) is 101 Å². The molecule has 13 heteroatoms. The van der Waals surface area contributed by atoms with Crippen molar-refractivity contribution in [2.75, 3.05) is 0 Å². The van der Waals surface area contributed by atoms with Gasteiger partial charge in [0.2, 0.25) is 0 Å². The fourth-order valence-electron chi connectivity index (χ4n) is 3.97.